The van der Waals surface area contributed by atoms with Crippen LogP contribution in [0.25, 0.3) is 0 Å². The lowest BCUT2D eigenvalue weighted by Gasteiger charge is -2.18. The predicted octanol–water partition coefficient (Wildman–Crippen LogP) is 4.60. The Bertz CT molecular complexity index is 596. The Kier molecular flexibility index (Phi) is 4.97. The molecule has 1 aromatic carbocycles. The zero-order valence-corrected chi connectivity index (χ0v) is 13.2. The van der Waals surface area contributed by atoms with Gasteiger partial charge in [-0.05, 0) is 38.6 Å². The molecule has 0 saturated carbocycles. The number of hydrogen-bond acceptors (Lipinski definition) is 3. The molecule has 0 radical (unpaired) electrons. The van der Waals surface area contributed by atoms with Gasteiger partial charge < -0.3 is 14.5 Å². The first-order valence-electron chi connectivity index (χ1n) is 6.40. The van der Waals surface area contributed by atoms with E-state index in [0.717, 1.165) is 16.9 Å². The minimum atomic E-state index is -0.0758. The molecule has 20 heavy (non-hydrogen) atoms. The fourth-order valence-corrected chi connectivity index (χ4v) is 2.64. The van der Waals surface area contributed by atoms with Gasteiger partial charge in [-0.25, -0.2) is 0 Å². The van der Waals surface area contributed by atoms with Gasteiger partial charge in [0.25, 0.3) is 0 Å². The third-order valence-corrected chi connectivity index (χ3v) is 3.66. The summed E-state index contributed by atoms with van der Waals surface area (Å²) in [5.41, 5.74) is 1.90. The first-order valence-corrected chi connectivity index (χ1v) is 7.16. The maximum absolute atomic E-state index is 6.36. The Morgan fingerprint density at radius 2 is 2.00 bits per heavy atom. The zero-order chi connectivity index (χ0) is 14.7. The topological polar surface area (TPSA) is 34.4 Å². The van der Waals surface area contributed by atoms with Gasteiger partial charge in [-0.3, -0.25) is 0 Å². The third-order valence-electron chi connectivity index (χ3n) is 3.03. The molecule has 5 heteroatoms. The van der Waals surface area contributed by atoms with E-state index in [2.05, 4.69) is 5.32 Å². The van der Waals surface area contributed by atoms with Crippen LogP contribution < -0.4 is 10.1 Å². The van der Waals surface area contributed by atoms with Gasteiger partial charge in [0.2, 0.25) is 0 Å². The average Bonchev–Trinajstić information content (AvgIpc) is 2.83. The molecule has 108 valence electrons. The van der Waals surface area contributed by atoms with E-state index in [9.17, 15) is 0 Å². The number of benzene rings is 1. The SMILES string of the molecule is CCOc1cc(Cl)c(C(NC)c2coc(C)c2)cc1Cl. The monoisotopic (exact) mass is 313 g/mol. The predicted molar refractivity (Wildman–Crippen MR) is 82.0 cm³/mol. The smallest absolute Gasteiger partial charge is 0.139 e. The van der Waals surface area contributed by atoms with Crippen molar-refractivity contribution in [1.82, 2.24) is 5.32 Å². The van der Waals surface area contributed by atoms with E-state index in [4.69, 9.17) is 32.4 Å². The molecule has 0 fully saturated rings. The van der Waals surface area contributed by atoms with Crippen LogP contribution in [0.3, 0.4) is 0 Å². The number of halogens is 2. The van der Waals surface area contributed by atoms with Crippen LogP contribution in [0.5, 0.6) is 5.75 Å². The standard InChI is InChI=1S/C15H17Cl2NO2/c1-4-19-14-7-12(16)11(6-13(14)17)15(18-3)10-5-9(2)20-8-10/h5-8,15,18H,4H2,1-3H3. The van der Waals surface area contributed by atoms with Crippen molar-refractivity contribution < 1.29 is 9.15 Å². The maximum Gasteiger partial charge on any atom is 0.139 e. The highest BCUT2D eigenvalue weighted by molar-refractivity contribution is 6.34. The van der Waals surface area contributed by atoms with Gasteiger partial charge in [-0.15, -0.1) is 0 Å². The summed E-state index contributed by atoms with van der Waals surface area (Å²) in [6, 6.07) is 5.48. The lowest BCUT2D eigenvalue weighted by atomic mass is 10.0. The van der Waals surface area contributed by atoms with Gasteiger partial charge in [-0.2, -0.15) is 0 Å². The molecular formula is C15H17Cl2NO2. The first-order chi connectivity index (χ1) is 9.56. The van der Waals surface area contributed by atoms with E-state index in [1.165, 1.54) is 0 Å². The van der Waals surface area contributed by atoms with Crippen LogP contribution >= 0.6 is 23.2 Å². The third kappa shape index (κ3) is 3.11. The fourth-order valence-electron chi connectivity index (χ4n) is 2.15. The molecular weight excluding hydrogens is 297 g/mol. The van der Waals surface area contributed by atoms with Crippen LogP contribution in [0.15, 0.2) is 28.9 Å². The normalized spacial score (nSPS) is 12.4. The molecule has 0 amide bonds. The van der Waals surface area contributed by atoms with Crippen LogP contribution in [0.2, 0.25) is 10.0 Å². The number of hydrogen-bond donors (Lipinski definition) is 1. The summed E-state index contributed by atoms with van der Waals surface area (Å²) in [7, 11) is 1.87. The molecule has 0 saturated heterocycles. The van der Waals surface area contributed by atoms with E-state index < -0.39 is 0 Å². The molecule has 1 aromatic heterocycles. The lowest BCUT2D eigenvalue weighted by molar-refractivity contribution is 0.340. The van der Waals surface area contributed by atoms with Crippen molar-refractivity contribution >= 4 is 23.2 Å². The van der Waals surface area contributed by atoms with Crippen LogP contribution in [0, 0.1) is 6.92 Å². The number of ether oxygens (including phenoxy) is 1. The highest BCUT2D eigenvalue weighted by Gasteiger charge is 2.19. The summed E-state index contributed by atoms with van der Waals surface area (Å²) in [6.45, 7) is 4.36. The maximum atomic E-state index is 6.36. The Morgan fingerprint density at radius 1 is 1.25 bits per heavy atom. The van der Waals surface area contributed by atoms with Crippen molar-refractivity contribution in [1.29, 1.82) is 0 Å². The number of nitrogens with one attached hydrogen (secondary N) is 1. The first kappa shape index (κ1) is 15.2. The van der Waals surface area contributed by atoms with Gasteiger partial charge >= 0.3 is 0 Å². The van der Waals surface area contributed by atoms with Gasteiger partial charge in [-0.1, -0.05) is 23.2 Å². The number of rotatable bonds is 5. The highest BCUT2D eigenvalue weighted by Crippen LogP contribution is 2.36. The van der Waals surface area contributed by atoms with E-state index in [-0.39, 0.29) is 6.04 Å². The second-order valence-corrected chi connectivity index (χ2v) is 5.26. The molecule has 0 bridgehead atoms. The Balaban J connectivity index is 2.42. The summed E-state index contributed by atoms with van der Waals surface area (Å²) >= 11 is 12.6. The molecule has 3 nitrogen and oxygen atoms in total. The van der Waals surface area contributed by atoms with Crippen LogP contribution in [-0.4, -0.2) is 13.7 Å². The Hall–Kier alpha value is -1.16. The number of aryl methyl sites for hydroxylation is 1. The molecule has 0 aliphatic carbocycles. The molecule has 0 spiro atoms. The summed E-state index contributed by atoms with van der Waals surface area (Å²) in [5.74, 6) is 1.45. The van der Waals surface area contributed by atoms with Gasteiger partial charge in [0, 0.05) is 16.7 Å². The molecule has 2 aromatic rings. The second kappa shape index (κ2) is 6.53. The van der Waals surface area contributed by atoms with Crippen molar-refractivity contribution in [3.05, 3.63) is 51.4 Å². The number of furan rings is 1. The van der Waals surface area contributed by atoms with Crippen LogP contribution in [0.1, 0.15) is 29.9 Å². The van der Waals surface area contributed by atoms with Crippen molar-refractivity contribution in [3.8, 4) is 5.75 Å². The van der Waals surface area contributed by atoms with E-state index in [1.807, 2.05) is 33.0 Å². The lowest BCUT2D eigenvalue weighted by Crippen LogP contribution is -2.17. The second-order valence-electron chi connectivity index (χ2n) is 4.45. The molecule has 1 N–H and O–H groups in total. The minimum Gasteiger partial charge on any atom is -0.492 e. The minimum absolute atomic E-state index is 0.0758. The summed E-state index contributed by atoms with van der Waals surface area (Å²) in [5, 5.41) is 4.38. The molecule has 2 rings (SSSR count). The van der Waals surface area contributed by atoms with Gasteiger partial charge in [0.05, 0.1) is 23.9 Å². The Morgan fingerprint density at radius 3 is 2.55 bits per heavy atom. The average molecular weight is 314 g/mol. The molecule has 1 atom stereocenters. The van der Waals surface area contributed by atoms with E-state index in [0.29, 0.717) is 22.4 Å². The van der Waals surface area contributed by atoms with Crippen molar-refractivity contribution in [3.63, 3.8) is 0 Å². The van der Waals surface area contributed by atoms with E-state index in [1.54, 1.807) is 12.3 Å². The van der Waals surface area contributed by atoms with Crippen LogP contribution in [0.4, 0.5) is 0 Å². The molecule has 0 aliphatic heterocycles. The summed E-state index contributed by atoms with van der Waals surface area (Å²) in [4.78, 5) is 0. The largest absolute Gasteiger partial charge is 0.492 e. The van der Waals surface area contributed by atoms with Gasteiger partial charge in [0.1, 0.15) is 11.5 Å². The molecule has 0 aliphatic rings. The molecule has 1 heterocycles. The highest BCUT2D eigenvalue weighted by atomic mass is 35.5. The van der Waals surface area contributed by atoms with Crippen molar-refractivity contribution in [2.75, 3.05) is 13.7 Å². The van der Waals surface area contributed by atoms with E-state index >= 15 is 0 Å². The molecule has 1 unspecified atom stereocenters. The van der Waals surface area contributed by atoms with Crippen molar-refractivity contribution in [2.24, 2.45) is 0 Å². The quantitative estimate of drug-likeness (QED) is 0.875. The zero-order valence-electron chi connectivity index (χ0n) is 11.7. The summed E-state index contributed by atoms with van der Waals surface area (Å²) < 4.78 is 10.8. The summed E-state index contributed by atoms with van der Waals surface area (Å²) in [6.07, 6.45) is 1.72. The Labute approximate surface area is 128 Å². The van der Waals surface area contributed by atoms with Crippen molar-refractivity contribution in [2.45, 2.75) is 19.9 Å². The fraction of sp³-hybridized carbons (Fsp3) is 0.333. The van der Waals surface area contributed by atoms with Crippen LogP contribution in [-0.2, 0) is 0 Å². The van der Waals surface area contributed by atoms with Gasteiger partial charge in [0.15, 0.2) is 0 Å².